The van der Waals surface area contributed by atoms with E-state index in [0.29, 0.717) is 5.56 Å². The molecule has 2 rings (SSSR count). The van der Waals surface area contributed by atoms with Crippen LogP contribution in [0.25, 0.3) is 6.08 Å². The van der Waals surface area contributed by atoms with Gasteiger partial charge in [-0.25, -0.2) is 4.79 Å². The number of halogens is 3. The third-order valence-corrected chi connectivity index (χ3v) is 3.39. The summed E-state index contributed by atoms with van der Waals surface area (Å²) in [5.41, 5.74) is -0.0485. The molecule has 0 aliphatic heterocycles. The Morgan fingerprint density at radius 1 is 1.04 bits per heavy atom. The zero-order valence-electron chi connectivity index (χ0n) is 13.1. The first-order valence-corrected chi connectivity index (χ1v) is 7.17. The van der Waals surface area contributed by atoms with Gasteiger partial charge in [-0.3, -0.25) is 4.79 Å². The molecule has 0 aliphatic carbocycles. The summed E-state index contributed by atoms with van der Waals surface area (Å²) in [7, 11) is 0. The molecule has 132 valence electrons. The Balaban J connectivity index is 0.00000338. The van der Waals surface area contributed by atoms with Crippen LogP contribution in [0.1, 0.15) is 28.4 Å². The standard InChI is InChI=1S/C18H14F3NO3.Li.H/c1-11(10-12-6-8-13(9-7-12)18(19,20)21)16(23)22-15-5-3-2-4-14(15)17(24)25;;/h2-10H,1H3,(H,22,23)(H,24,25);;/b11-10+;;. The van der Waals surface area contributed by atoms with Gasteiger partial charge in [0.2, 0.25) is 0 Å². The number of alkyl halides is 3. The fourth-order valence-corrected chi connectivity index (χ4v) is 2.08. The van der Waals surface area contributed by atoms with Crippen molar-refractivity contribution in [3.8, 4) is 0 Å². The first-order valence-electron chi connectivity index (χ1n) is 7.17. The molecule has 0 heterocycles. The van der Waals surface area contributed by atoms with E-state index >= 15 is 0 Å². The number of aromatic carboxylic acids is 1. The number of hydrogen-bond donors (Lipinski definition) is 2. The number of anilines is 1. The number of carbonyl (C=O) groups is 2. The van der Waals surface area contributed by atoms with Crippen molar-refractivity contribution in [2.24, 2.45) is 0 Å². The second kappa shape index (κ2) is 8.74. The minimum absolute atomic E-state index is 0. The molecule has 0 bridgehead atoms. The van der Waals surface area contributed by atoms with Crippen LogP contribution in [0.4, 0.5) is 18.9 Å². The Hall–Kier alpha value is -2.49. The van der Waals surface area contributed by atoms with Gasteiger partial charge < -0.3 is 10.4 Å². The first-order chi connectivity index (χ1) is 11.7. The van der Waals surface area contributed by atoms with Gasteiger partial charge in [0.15, 0.2) is 0 Å². The number of carboxylic acids is 1. The van der Waals surface area contributed by atoms with Crippen LogP contribution in [0, 0.1) is 0 Å². The number of rotatable bonds is 4. The van der Waals surface area contributed by atoms with Crippen LogP contribution in [0.2, 0.25) is 0 Å². The van der Waals surface area contributed by atoms with Crippen molar-refractivity contribution in [2.75, 3.05) is 5.32 Å². The van der Waals surface area contributed by atoms with Gasteiger partial charge in [0.25, 0.3) is 5.91 Å². The van der Waals surface area contributed by atoms with E-state index in [1.807, 2.05) is 0 Å². The van der Waals surface area contributed by atoms with Crippen LogP contribution in [0.3, 0.4) is 0 Å². The maximum atomic E-state index is 12.5. The quantitative estimate of drug-likeness (QED) is 0.646. The van der Waals surface area contributed by atoms with Gasteiger partial charge in [-0.15, -0.1) is 0 Å². The predicted molar refractivity (Wildman–Crippen MR) is 94.3 cm³/mol. The van der Waals surface area contributed by atoms with Gasteiger partial charge in [-0.05, 0) is 42.8 Å². The summed E-state index contributed by atoms with van der Waals surface area (Å²) < 4.78 is 37.6. The van der Waals surface area contributed by atoms with Crippen molar-refractivity contribution >= 4 is 42.5 Å². The second-order valence-electron chi connectivity index (χ2n) is 5.25. The summed E-state index contributed by atoms with van der Waals surface area (Å²) in [5.74, 6) is -1.73. The minimum atomic E-state index is -4.42. The van der Waals surface area contributed by atoms with E-state index in [1.165, 1.54) is 43.3 Å². The molecule has 0 unspecified atom stereocenters. The van der Waals surface area contributed by atoms with Gasteiger partial charge in [-0.1, -0.05) is 24.3 Å². The molecule has 1 amide bonds. The van der Waals surface area contributed by atoms with Gasteiger partial charge in [-0.2, -0.15) is 13.2 Å². The molecule has 8 heteroatoms. The van der Waals surface area contributed by atoms with E-state index in [9.17, 15) is 22.8 Å². The van der Waals surface area contributed by atoms with Gasteiger partial charge in [0, 0.05) is 5.57 Å². The normalized spacial score (nSPS) is 11.5. The molecule has 0 saturated carbocycles. The number of amides is 1. The fourth-order valence-electron chi connectivity index (χ4n) is 2.08. The number of carbonyl (C=O) groups excluding carboxylic acids is 1. The van der Waals surface area contributed by atoms with Crippen molar-refractivity contribution in [2.45, 2.75) is 13.1 Å². The van der Waals surface area contributed by atoms with E-state index in [1.54, 1.807) is 6.07 Å². The monoisotopic (exact) mass is 357 g/mol. The van der Waals surface area contributed by atoms with Crippen LogP contribution in [-0.4, -0.2) is 35.8 Å². The first kappa shape index (κ1) is 21.5. The van der Waals surface area contributed by atoms with E-state index < -0.39 is 23.6 Å². The Labute approximate surface area is 159 Å². The summed E-state index contributed by atoms with van der Waals surface area (Å²) in [6, 6.07) is 10.3. The summed E-state index contributed by atoms with van der Waals surface area (Å²) in [6.07, 6.45) is -3.01. The average molecular weight is 357 g/mol. The average Bonchev–Trinajstić information content (AvgIpc) is 2.54. The third-order valence-electron chi connectivity index (χ3n) is 3.39. The van der Waals surface area contributed by atoms with E-state index in [-0.39, 0.29) is 35.7 Å². The Kier molecular flexibility index (Phi) is 7.25. The fraction of sp³-hybridized carbons (Fsp3) is 0.111. The number of hydrogen-bond acceptors (Lipinski definition) is 2. The molecule has 0 atom stereocenters. The predicted octanol–water partition coefficient (Wildman–Crippen LogP) is 3.80. The number of para-hydroxylation sites is 1. The molecular formula is C18H15F3LiNO3. The molecular weight excluding hydrogens is 342 g/mol. The maximum absolute atomic E-state index is 12.5. The van der Waals surface area contributed by atoms with Gasteiger partial charge in [0.05, 0.1) is 16.8 Å². The molecule has 0 spiro atoms. The summed E-state index contributed by atoms with van der Waals surface area (Å²) in [4.78, 5) is 23.3. The van der Waals surface area contributed by atoms with Crippen LogP contribution in [0.5, 0.6) is 0 Å². The number of nitrogens with one attached hydrogen (secondary N) is 1. The SMILES string of the molecule is C/C(=C\c1ccc(C(F)(F)F)cc1)C(=O)Nc1ccccc1C(=O)O.[LiH]. The Bertz CT molecular complexity index is 830. The topological polar surface area (TPSA) is 66.4 Å². The molecule has 4 nitrogen and oxygen atoms in total. The van der Waals surface area contributed by atoms with Crippen molar-refractivity contribution in [3.05, 3.63) is 70.8 Å². The van der Waals surface area contributed by atoms with Crippen LogP contribution in [0.15, 0.2) is 54.1 Å². The molecule has 0 saturated heterocycles. The molecule has 0 fully saturated rings. The zero-order valence-corrected chi connectivity index (χ0v) is 13.1. The van der Waals surface area contributed by atoms with E-state index in [0.717, 1.165) is 12.1 Å². The summed E-state index contributed by atoms with van der Waals surface area (Å²) in [6.45, 7) is 1.48. The van der Waals surface area contributed by atoms with E-state index in [4.69, 9.17) is 5.11 Å². The van der Waals surface area contributed by atoms with Crippen molar-refractivity contribution in [1.82, 2.24) is 0 Å². The molecule has 0 radical (unpaired) electrons. The number of carboxylic acid groups (broad SMARTS) is 1. The molecule has 0 aliphatic rings. The Morgan fingerprint density at radius 2 is 1.62 bits per heavy atom. The third kappa shape index (κ3) is 5.51. The van der Waals surface area contributed by atoms with Crippen molar-refractivity contribution < 1.29 is 27.9 Å². The molecule has 26 heavy (non-hydrogen) atoms. The van der Waals surface area contributed by atoms with Crippen molar-refractivity contribution in [1.29, 1.82) is 0 Å². The van der Waals surface area contributed by atoms with Crippen LogP contribution < -0.4 is 5.32 Å². The van der Waals surface area contributed by atoms with Gasteiger partial charge >= 0.3 is 31.0 Å². The van der Waals surface area contributed by atoms with Crippen LogP contribution in [-0.2, 0) is 11.0 Å². The van der Waals surface area contributed by atoms with Crippen molar-refractivity contribution in [3.63, 3.8) is 0 Å². The van der Waals surface area contributed by atoms with Gasteiger partial charge in [0.1, 0.15) is 0 Å². The van der Waals surface area contributed by atoms with Crippen LogP contribution >= 0.6 is 0 Å². The zero-order chi connectivity index (χ0) is 18.6. The summed E-state index contributed by atoms with van der Waals surface area (Å²) >= 11 is 0. The number of benzene rings is 2. The molecule has 2 N–H and O–H groups in total. The Morgan fingerprint density at radius 3 is 2.15 bits per heavy atom. The van der Waals surface area contributed by atoms with E-state index in [2.05, 4.69) is 5.32 Å². The molecule has 2 aromatic carbocycles. The summed E-state index contributed by atoms with van der Waals surface area (Å²) in [5, 5.41) is 11.6. The second-order valence-corrected chi connectivity index (χ2v) is 5.25. The molecule has 0 aromatic heterocycles. The molecule has 2 aromatic rings.